The number of nitrogens with zero attached hydrogens (tertiary/aromatic N) is 4. The first-order valence-corrected chi connectivity index (χ1v) is 6.53. The lowest BCUT2D eigenvalue weighted by molar-refractivity contribution is 0.627. The van der Waals surface area contributed by atoms with Gasteiger partial charge in [-0.05, 0) is 42.0 Å². The molecule has 0 aliphatic heterocycles. The number of pyridine rings is 1. The minimum Gasteiger partial charge on any atom is -0.253 e. The van der Waals surface area contributed by atoms with E-state index in [9.17, 15) is 4.39 Å². The zero-order valence-electron chi connectivity index (χ0n) is 10.8. The summed E-state index contributed by atoms with van der Waals surface area (Å²) < 4.78 is 14.9. The lowest BCUT2D eigenvalue weighted by atomic mass is 10.2. The van der Waals surface area contributed by atoms with Gasteiger partial charge in [-0.25, -0.2) is 9.49 Å². The average Bonchev–Trinajstić information content (AvgIpc) is 2.87. The number of aromatic amines is 1. The summed E-state index contributed by atoms with van der Waals surface area (Å²) in [7, 11) is 0. The van der Waals surface area contributed by atoms with Crippen molar-refractivity contribution >= 4 is 18.4 Å². The molecule has 1 N–H and O–H groups in total. The fourth-order valence-electron chi connectivity index (χ4n) is 1.77. The zero-order chi connectivity index (χ0) is 14.7. The van der Waals surface area contributed by atoms with Gasteiger partial charge < -0.3 is 0 Å². The Morgan fingerprint density at radius 2 is 2.14 bits per heavy atom. The summed E-state index contributed by atoms with van der Waals surface area (Å²) in [5.41, 5.74) is 1.27. The lowest BCUT2D eigenvalue weighted by Crippen LogP contribution is -1.96. The molecule has 0 saturated heterocycles. The van der Waals surface area contributed by atoms with Crippen molar-refractivity contribution < 1.29 is 4.39 Å². The molecule has 0 radical (unpaired) electrons. The number of aromatic nitrogens is 4. The van der Waals surface area contributed by atoms with E-state index in [0.29, 0.717) is 21.9 Å². The predicted octanol–water partition coefficient (Wildman–Crippen LogP) is 3.02. The molecule has 0 spiro atoms. The Kier molecular flexibility index (Phi) is 3.65. The molecule has 0 aliphatic carbocycles. The maximum atomic E-state index is 13.1. The molecule has 0 saturated carbocycles. The zero-order valence-corrected chi connectivity index (χ0v) is 11.6. The highest BCUT2D eigenvalue weighted by Gasteiger charge is 2.08. The van der Waals surface area contributed by atoms with Crippen molar-refractivity contribution in [1.82, 2.24) is 19.9 Å². The number of H-pyrrole nitrogens is 1. The van der Waals surface area contributed by atoms with E-state index in [1.54, 1.807) is 24.4 Å². The molecule has 7 heteroatoms. The quantitative estimate of drug-likeness (QED) is 0.597. The van der Waals surface area contributed by atoms with Gasteiger partial charge in [-0.3, -0.25) is 4.98 Å². The van der Waals surface area contributed by atoms with Crippen LogP contribution in [0.3, 0.4) is 0 Å². The van der Waals surface area contributed by atoms with Crippen molar-refractivity contribution in [3.8, 4) is 11.5 Å². The number of nitrogens with one attached hydrogen (secondary N) is 1. The SMILES string of the molecule is Fc1cccc(C=Nn2c(-c3ccccn3)n[nH]c2=S)c1. The summed E-state index contributed by atoms with van der Waals surface area (Å²) in [4.78, 5) is 4.21. The molecular formula is C14H10FN5S. The third-order valence-corrected chi connectivity index (χ3v) is 2.98. The molecule has 0 amide bonds. The van der Waals surface area contributed by atoms with E-state index in [0.717, 1.165) is 0 Å². The first-order valence-electron chi connectivity index (χ1n) is 6.13. The second kappa shape index (κ2) is 5.76. The van der Waals surface area contributed by atoms with E-state index < -0.39 is 0 Å². The van der Waals surface area contributed by atoms with Crippen molar-refractivity contribution in [3.05, 3.63) is 64.8 Å². The van der Waals surface area contributed by atoms with E-state index in [-0.39, 0.29) is 5.82 Å². The number of hydrogen-bond acceptors (Lipinski definition) is 4. The summed E-state index contributed by atoms with van der Waals surface area (Å²) >= 11 is 5.14. The summed E-state index contributed by atoms with van der Waals surface area (Å²) in [6.07, 6.45) is 3.18. The number of halogens is 1. The summed E-state index contributed by atoms with van der Waals surface area (Å²) in [5, 5.41) is 11.0. The van der Waals surface area contributed by atoms with Gasteiger partial charge in [-0.2, -0.15) is 14.9 Å². The Bertz CT molecular complexity index is 838. The van der Waals surface area contributed by atoms with Gasteiger partial charge in [0.2, 0.25) is 10.6 Å². The predicted molar refractivity (Wildman–Crippen MR) is 80.0 cm³/mol. The van der Waals surface area contributed by atoms with Crippen LogP contribution in [0.15, 0.2) is 53.8 Å². The van der Waals surface area contributed by atoms with E-state index in [1.807, 2.05) is 12.1 Å². The van der Waals surface area contributed by atoms with Crippen LogP contribution >= 0.6 is 12.2 Å². The fourth-order valence-corrected chi connectivity index (χ4v) is 1.95. The molecule has 0 aliphatic rings. The van der Waals surface area contributed by atoms with Crippen LogP contribution in [0.2, 0.25) is 0 Å². The van der Waals surface area contributed by atoms with Crippen LogP contribution in [0.1, 0.15) is 5.56 Å². The molecule has 0 bridgehead atoms. The highest BCUT2D eigenvalue weighted by molar-refractivity contribution is 7.71. The van der Waals surface area contributed by atoms with Gasteiger partial charge >= 0.3 is 0 Å². The van der Waals surface area contributed by atoms with Crippen molar-refractivity contribution in [3.63, 3.8) is 0 Å². The maximum absolute atomic E-state index is 13.1. The van der Waals surface area contributed by atoms with Gasteiger partial charge in [0.25, 0.3) is 0 Å². The summed E-state index contributed by atoms with van der Waals surface area (Å²) in [6.45, 7) is 0. The van der Waals surface area contributed by atoms with Gasteiger partial charge in [0.1, 0.15) is 11.5 Å². The van der Waals surface area contributed by atoms with Crippen LogP contribution < -0.4 is 0 Å². The van der Waals surface area contributed by atoms with E-state index in [1.165, 1.54) is 23.0 Å². The maximum Gasteiger partial charge on any atom is 0.216 e. The molecule has 3 rings (SSSR count). The second-order valence-corrected chi connectivity index (χ2v) is 4.57. The smallest absolute Gasteiger partial charge is 0.216 e. The molecule has 3 aromatic rings. The van der Waals surface area contributed by atoms with Crippen molar-refractivity contribution in [2.75, 3.05) is 0 Å². The molecule has 104 valence electrons. The second-order valence-electron chi connectivity index (χ2n) is 4.18. The standard InChI is InChI=1S/C14H10FN5S/c15-11-5-3-4-10(8-11)9-17-20-13(18-19-14(20)21)12-6-1-2-7-16-12/h1-9H,(H,19,21). The summed E-state index contributed by atoms with van der Waals surface area (Å²) in [6, 6.07) is 11.6. The van der Waals surface area contributed by atoms with Crippen LogP contribution in [0.4, 0.5) is 4.39 Å². The Labute approximate surface area is 124 Å². The van der Waals surface area contributed by atoms with Crippen LogP contribution in [0.5, 0.6) is 0 Å². The third-order valence-electron chi connectivity index (χ3n) is 2.72. The highest BCUT2D eigenvalue weighted by atomic mass is 32.1. The topological polar surface area (TPSA) is 58.9 Å². The average molecular weight is 299 g/mol. The minimum atomic E-state index is -0.320. The molecule has 0 atom stereocenters. The molecule has 2 aromatic heterocycles. The molecular weight excluding hydrogens is 289 g/mol. The monoisotopic (exact) mass is 299 g/mol. The first-order chi connectivity index (χ1) is 10.2. The van der Waals surface area contributed by atoms with E-state index in [4.69, 9.17) is 12.2 Å². The third kappa shape index (κ3) is 2.92. The van der Waals surface area contributed by atoms with E-state index in [2.05, 4.69) is 20.3 Å². The largest absolute Gasteiger partial charge is 0.253 e. The van der Waals surface area contributed by atoms with Gasteiger partial charge in [0.15, 0.2) is 0 Å². The molecule has 0 fully saturated rings. The Morgan fingerprint density at radius 1 is 1.24 bits per heavy atom. The minimum absolute atomic E-state index is 0.320. The Morgan fingerprint density at radius 3 is 2.90 bits per heavy atom. The molecule has 1 aromatic carbocycles. The fraction of sp³-hybridized carbons (Fsp3) is 0. The number of rotatable bonds is 3. The van der Waals surface area contributed by atoms with Crippen LogP contribution in [-0.4, -0.2) is 26.1 Å². The van der Waals surface area contributed by atoms with Gasteiger partial charge in [0, 0.05) is 6.20 Å². The highest BCUT2D eigenvalue weighted by Crippen LogP contribution is 2.13. The Hall–Kier alpha value is -2.67. The van der Waals surface area contributed by atoms with E-state index >= 15 is 0 Å². The van der Waals surface area contributed by atoms with Crippen LogP contribution in [0, 0.1) is 10.6 Å². The molecule has 0 unspecified atom stereocenters. The van der Waals surface area contributed by atoms with Gasteiger partial charge in [-0.1, -0.05) is 18.2 Å². The normalized spacial score (nSPS) is 11.1. The number of benzene rings is 1. The lowest BCUT2D eigenvalue weighted by Gasteiger charge is -1.99. The van der Waals surface area contributed by atoms with Crippen LogP contribution in [0.25, 0.3) is 11.5 Å². The molecule has 21 heavy (non-hydrogen) atoms. The molecule has 5 nitrogen and oxygen atoms in total. The van der Waals surface area contributed by atoms with Crippen molar-refractivity contribution in [1.29, 1.82) is 0 Å². The van der Waals surface area contributed by atoms with Crippen molar-refractivity contribution in [2.24, 2.45) is 5.10 Å². The van der Waals surface area contributed by atoms with Crippen molar-refractivity contribution in [2.45, 2.75) is 0 Å². The Balaban J connectivity index is 2.00. The first kappa shape index (κ1) is 13.3. The number of hydrogen-bond donors (Lipinski definition) is 1. The molecule has 2 heterocycles. The van der Waals surface area contributed by atoms with Crippen LogP contribution in [-0.2, 0) is 0 Å². The van der Waals surface area contributed by atoms with Gasteiger partial charge in [-0.15, -0.1) is 0 Å². The van der Waals surface area contributed by atoms with Gasteiger partial charge in [0.05, 0.1) is 6.21 Å². The summed E-state index contributed by atoms with van der Waals surface area (Å²) in [5.74, 6) is 0.174.